The van der Waals surface area contributed by atoms with E-state index in [-0.39, 0.29) is 5.91 Å². The van der Waals surface area contributed by atoms with Gasteiger partial charge in [0.25, 0.3) is 5.91 Å². The number of anilines is 1. The molecule has 0 saturated heterocycles. The van der Waals surface area contributed by atoms with Gasteiger partial charge in [0.05, 0.1) is 5.56 Å². The molecule has 0 aliphatic rings. The number of benzene rings is 1. The summed E-state index contributed by atoms with van der Waals surface area (Å²) >= 11 is 0. The topological polar surface area (TPSA) is 45.2 Å². The minimum absolute atomic E-state index is 0.0331. The van der Waals surface area contributed by atoms with Crippen molar-refractivity contribution >= 4 is 11.7 Å². The summed E-state index contributed by atoms with van der Waals surface area (Å²) in [4.78, 5) is 17.6. The van der Waals surface area contributed by atoms with Crippen LogP contribution in [0.3, 0.4) is 0 Å². The van der Waals surface area contributed by atoms with Crippen LogP contribution in [0.25, 0.3) is 0 Å². The third-order valence-corrected chi connectivity index (χ3v) is 3.42. The van der Waals surface area contributed by atoms with Gasteiger partial charge in [-0.1, -0.05) is 29.3 Å². The molecule has 0 fully saturated rings. The molecule has 0 spiro atoms. The number of amides is 1. The third-order valence-electron chi connectivity index (χ3n) is 3.42. The van der Waals surface area contributed by atoms with Crippen LogP contribution in [0.1, 0.15) is 27.0 Å². The van der Waals surface area contributed by atoms with Crippen LogP contribution < -0.4 is 5.32 Å². The second-order valence-corrected chi connectivity index (χ2v) is 5.80. The number of hydrogen-bond donors (Lipinski definition) is 1. The minimum Gasteiger partial charge on any atom is -0.370 e. The van der Waals surface area contributed by atoms with Gasteiger partial charge in [0.1, 0.15) is 5.82 Å². The molecular weight excluding hydrogens is 274 g/mol. The van der Waals surface area contributed by atoms with Crippen molar-refractivity contribution in [1.82, 2.24) is 9.88 Å². The quantitative estimate of drug-likeness (QED) is 0.922. The van der Waals surface area contributed by atoms with Crippen molar-refractivity contribution in [2.45, 2.75) is 20.3 Å². The van der Waals surface area contributed by atoms with Crippen LogP contribution in [-0.4, -0.2) is 36.4 Å². The number of nitrogens with one attached hydrogen (secondary N) is 1. The lowest BCUT2D eigenvalue weighted by atomic mass is 10.1. The molecule has 22 heavy (non-hydrogen) atoms. The molecule has 0 aliphatic heterocycles. The molecule has 0 saturated carbocycles. The number of rotatable bonds is 5. The molecule has 4 heteroatoms. The first kappa shape index (κ1) is 16.0. The molecule has 1 aromatic heterocycles. The maximum absolute atomic E-state index is 11.8. The summed E-state index contributed by atoms with van der Waals surface area (Å²) in [6.07, 6.45) is 2.56. The molecule has 1 heterocycles. The Hall–Kier alpha value is -2.36. The predicted molar refractivity (Wildman–Crippen MR) is 90.4 cm³/mol. The third kappa shape index (κ3) is 4.32. The van der Waals surface area contributed by atoms with E-state index in [9.17, 15) is 4.79 Å². The molecular formula is C18H23N3O. The Morgan fingerprint density at radius 1 is 1.14 bits per heavy atom. The van der Waals surface area contributed by atoms with Crippen LogP contribution in [0.4, 0.5) is 5.82 Å². The summed E-state index contributed by atoms with van der Waals surface area (Å²) in [7, 11) is 3.47. The highest BCUT2D eigenvalue weighted by atomic mass is 16.2. The van der Waals surface area contributed by atoms with Crippen LogP contribution in [0.5, 0.6) is 0 Å². The first-order valence-electron chi connectivity index (χ1n) is 7.44. The van der Waals surface area contributed by atoms with Crippen molar-refractivity contribution in [3.05, 3.63) is 58.8 Å². The van der Waals surface area contributed by atoms with Crippen molar-refractivity contribution in [2.75, 3.05) is 26.0 Å². The van der Waals surface area contributed by atoms with Crippen molar-refractivity contribution in [3.63, 3.8) is 0 Å². The number of carbonyl (C=O) groups is 1. The van der Waals surface area contributed by atoms with E-state index in [1.54, 1.807) is 31.3 Å². The smallest absolute Gasteiger partial charge is 0.254 e. The van der Waals surface area contributed by atoms with Crippen LogP contribution in [0, 0.1) is 13.8 Å². The van der Waals surface area contributed by atoms with Crippen LogP contribution >= 0.6 is 0 Å². The van der Waals surface area contributed by atoms with Crippen molar-refractivity contribution in [1.29, 1.82) is 0 Å². The highest BCUT2D eigenvalue weighted by Crippen LogP contribution is 2.11. The zero-order chi connectivity index (χ0) is 16.1. The van der Waals surface area contributed by atoms with Gasteiger partial charge in [0.2, 0.25) is 0 Å². The van der Waals surface area contributed by atoms with E-state index in [4.69, 9.17) is 0 Å². The van der Waals surface area contributed by atoms with Crippen LogP contribution in [0.15, 0.2) is 36.5 Å². The lowest BCUT2D eigenvalue weighted by Gasteiger charge is -2.11. The Kier molecular flexibility index (Phi) is 5.15. The standard InChI is InChI=1S/C18H23N3O/c1-13-9-14(2)11-15(10-13)7-8-19-17-6-5-16(12-20-17)18(22)21(3)4/h5-6,9-12H,7-8H2,1-4H3,(H,19,20). The molecule has 1 amide bonds. The molecule has 0 radical (unpaired) electrons. The van der Waals surface area contributed by atoms with Gasteiger partial charge in [0.15, 0.2) is 0 Å². The van der Waals surface area contributed by atoms with E-state index >= 15 is 0 Å². The Labute approximate surface area is 132 Å². The van der Waals surface area contributed by atoms with Gasteiger partial charge in [0, 0.05) is 26.8 Å². The number of aryl methyl sites for hydroxylation is 2. The number of hydrogen-bond acceptors (Lipinski definition) is 3. The molecule has 0 bridgehead atoms. The van der Waals surface area contributed by atoms with Crippen LogP contribution in [-0.2, 0) is 6.42 Å². The maximum Gasteiger partial charge on any atom is 0.254 e. The number of nitrogens with zero attached hydrogens (tertiary/aromatic N) is 2. The Morgan fingerprint density at radius 3 is 2.36 bits per heavy atom. The van der Waals surface area contributed by atoms with E-state index in [2.05, 4.69) is 42.3 Å². The molecule has 2 rings (SSSR count). The van der Waals surface area contributed by atoms with Gasteiger partial charge in [-0.3, -0.25) is 4.79 Å². The molecule has 4 nitrogen and oxygen atoms in total. The van der Waals surface area contributed by atoms with Gasteiger partial charge in [-0.25, -0.2) is 4.98 Å². The molecule has 0 aliphatic carbocycles. The average molecular weight is 297 g/mol. The van der Waals surface area contributed by atoms with E-state index < -0.39 is 0 Å². The molecule has 1 aromatic carbocycles. The van der Waals surface area contributed by atoms with E-state index in [0.29, 0.717) is 5.56 Å². The van der Waals surface area contributed by atoms with Gasteiger partial charge < -0.3 is 10.2 Å². The molecule has 2 aromatic rings. The number of aromatic nitrogens is 1. The summed E-state index contributed by atoms with van der Waals surface area (Å²) in [6.45, 7) is 5.05. The molecule has 0 unspecified atom stereocenters. The average Bonchev–Trinajstić information content (AvgIpc) is 2.46. The summed E-state index contributed by atoms with van der Waals surface area (Å²) in [5.41, 5.74) is 4.51. The maximum atomic E-state index is 11.8. The fourth-order valence-corrected chi connectivity index (χ4v) is 2.43. The Morgan fingerprint density at radius 2 is 1.82 bits per heavy atom. The molecule has 1 N–H and O–H groups in total. The van der Waals surface area contributed by atoms with E-state index in [1.165, 1.54) is 16.7 Å². The zero-order valence-electron chi connectivity index (χ0n) is 13.7. The lowest BCUT2D eigenvalue weighted by molar-refractivity contribution is 0.0827. The van der Waals surface area contributed by atoms with Crippen molar-refractivity contribution in [3.8, 4) is 0 Å². The normalized spacial score (nSPS) is 10.4. The first-order chi connectivity index (χ1) is 10.5. The summed E-state index contributed by atoms with van der Waals surface area (Å²) in [5.74, 6) is 0.758. The highest BCUT2D eigenvalue weighted by Gasteiger charge is 2.07. The number of pyridine rings is 1. The second kappa shape index (κ2) is 7.07. The van der Waals surface area contributed by atoms with E-state index in [0.717, 1.165) is 18.8 Å². The highest BCUT2D eigenvalue weighted by molar-refractivity contribution is 5.93. The largest absolute Gasteiger partial charge is 0.370 e. The summed E-state index contributed by atoms with van der Waals surface area (Å²) in [5, 5.41) is 3.29. The molecule has 116 valence electrons. The van der Waals surface area contributed by atoms with Crippen LogP contribution in [0.2, 0.25) is 0 Å². The number of carbonyl (C=O) groups excluding carboxylic acids is 1. The zero-order valence-corrected chi connectivity index (χ0v) is 13.7. The van der Waals surface area contributed by atoms with Gasteiger partial charge in [-0.05, 0) is 38.0 Å². The van der Waals surface area contributed by atoms with Gasteiger partial charge >= 0.3 is 0 Å². The Bertz CT molecular complexity index is 628. The lowest BCUT2D eigenvalue weighted by Crippen LogP contribution is -2.21. The monoisotopic (exact) mass is 297 g/mol. The Balaban J connectivity index is 1.90. The second-order valence-electron chi connectivity index (χ2n) is 5.80. The summed E-state index contributed by atoms with van der Waals surface area (Å²) < 4.78 is 0. The summed E-state index contributed by atoms with van der Waals surface area (Å²) in [6, 6.07) is 10.2. The fourth-order valence-electron chi connectivity index (χ4n) is 2.43. The van der Waals surface area contributed by atoms with Gasteiger partial charge in [-0.15, -0.1) is 0 Å². The van der Waals surface area contributed by atoms with Crippen molar-refractivity contribution in [2.24, 2.45) is 0 Å². The minimum atomic E-state index is -0.0331. The van der Waals surface area contributed by atoms with Gasteiger partial charge in [-0.2, -0.15) is 0 Å². The fraction of sp³-hybridized carbons (Fsp3) is 0.333. The van der Waals surface area contributed by atoms with E-state index in [1.807, 2.05) is 6.07 Å². The predicted octanol–water partition coefficient (Wildman–Crippen LogP) is 3.05. The van der Waals surface area contributed by atoms with Crippen molar-refractivity contribution < 1.29 is 4.79 Å². The first-order valence-corrected chi connectivity index (χ1v) is 7.44. The molecule has 0 atom stereocenters. The SMILES string of the molecule is Cc1cc(C)cc(CCNc2ccc(C(=O)N(C)C)cn2)c1.